The zero-order chi connectivity index (χ0) is 11.0. The minimum absolute atomic E-state index is 0.850. The molecule has 3 rings (SSSR count). The van der Waals surface area contributed by atoms with E-state index in [4.69, 9.17) is 0 Å². The molecule has 0 atom stereocenters. The summed E-state index contributed by atoms with van der Waals surface area (Å²) in [5, 5.41) is 2.69. The third-order valence-electron chi connectivity index (χ3n) is 3.11. The summed E-state index contributed by atoms with van der Waals surface area (Å²) in [5.74, 6) is 6.23. The Hall–Kier alpha value is -2.00. The number of aryl methyl sites for hydroxylation is 1. The van der Waals surface area contributed by atoms with Crippen molar-refractivity contribution < 1.29 is 0 Å². The van der Waals surface area contributed by atoms with Gasteiger partial charge >= 0.3 is 0 Å². The number of allylic oxidation sites excluding steroid dienone is 1. The minimum Gasteiger partial charge on any atom is -0.0937 e. The van der Waals surface area contributed by atoms with E-state index in [1.807, 2.05) is 6.08 Å². The summed E-state index contributed by atoms with van der Waals surface area (Å²) >= 11 is 0. The molecule has 0 aromatic heterocycles. The maximum atomic E-state index is 3.18. The van der Waals surface area contributed by atoms with Crippen LogP contribution in [-0.4, -0.2) is 0 Å². The van der Waals surface area contributed by atoms with Crippen molar-refractivity contribution in [3.8, 4) is 11.8 Å². The van der Waals surface area contributed by atoms with Crippen molar-refractivity contribution in [1.82, 2.24) is 0 Å². The molecule has 0 amide bonds. The van der Waals surface area contributed by atoms with Crippen LogP contribution < -0.4 is 0 Å². The average Bonchev–Trinajstić information content (AvgIpc) is 2.55. The van der Waals surface area contributed by atoms with E-state index < -0.39 is 0 Å². The quantitative estimate of drug-likeness (QED) is 0.574. The summed E-state index contributed by atoms with van der Waals surface area (Å²) in [4.78, 5) is 0. The summed E-state index contributed by atoms with van der Waals surface area (Å²) in [6.45, 7) is 2.17. The van der Waals surface area contributed by atoms with Crippen LogP contribution >= 0.6 is 0 Å². The van der Waals surface area contributed by atoms with Gasteiger partial charge in [-0.1, -0.05) is 42.2 Å². The highest BCUT2D eigenvalue weighted by atomic mass is 14.1. The predicted octanol–water partition coefficient (Wildman–Crippen LogP) is 3.72. The lowest BCUT2D eigenvalue weighted by atomic mass is 9.94. The maximum Gasteiger partial charge on any atom is 0.0356 e. The van der Waals surface area contributed by atoms with Crippen LogP contribution in [0.4, 0.5) is 0 Å². The maximum absolute atomic E-state index is 3.18. The first-order valence-electron chi connectivity index (χ1n) is 5.52. The number of fused-ring (bicyclic) bond motifs is 3. The highest BCUT2D eigenvalue weighted by Crippen LogP contribution is 2.27. The standard InChI is InChI=1S/C16H12/c1-12-11-13-7-3-2-4-9-15(13)16-10-6-5-8-14(12)16/h3,5-8,10-11H,9H2,1H3. The van der Waals surface area contributed by atoms with Gasteiger partial charge in [-0.2, -0.15) is 0 Å². The largest absolute Gasteiger partial charge is 0.0937 e. The van der Waals surface area contributed by atoms with Crippen LogP contribution in [0.1, 0.15) is 16.7 Å². The van der Waals surface area contributed by atoms with Crippen LogP contribution in [0.15, 0.2) is 36.4 Å². The van der Waals surface area contributed by atoms with E-state index in [0.717, 1.165) is 6.42 Å². The van der Waals surface area contributed by atoms with E-state index >= 15 is 0 Å². The van der Waals surface area contributed by atoms with Crippen molar-refractivity contribution in [3.63, 3.8) is 0 Å². The van der Waals surface area contributed by atoms with E-state index in [2.05, 4.69) is 55.2 Å². The third-order valence-corrected chi connectivity index (χ3v) is 3.11. The molecule has 0 fully saturated rings. The molecule has 0 nitrogen and oxygen atoms in total. The molecule has 0 heterocycles. The Kier molecular flexibility index (Phi) is 2.04. The van der Waals surface area contributed by atoms with E-state index in [-0.39, 0.29) is 0 Å². The smallest absolute Gasteiger partial charge is 0.0356 e. The molecule has 0 aliphatic heterocycles. The monoisotopic (exact) mass is 204 g/mol. The molecular weight excluding hydrogens is 192 g/mol. The normalized spacial score (nSPS) is 12.8. The van der Waals surface area contributed by atoms with Crippen LogP contribution in [0.5, 0.6) is 0 Å². The molecule has 0 spiro atoms. The van der Waals surface area contributed by atoms with Crippen molar-refractivity contribution >= 4 is 16.8 Å². The van der Waals surface area contributed by atoms with Gasteiger partial charge in [-0.15, -0.1) is 0 Å². The van der Waals surface area contributed by atoms with Gasteiger partial charge in [0.05, 0.1) is 0 Å². The fourth-order valence-electron chi connectivity index (χ4n) is 2.32. The van der Waals surface area contributed by atoms with Crippen molar-refractivity contribution in [2.75, 3.05) is 0 Å². The van der Waals surface area contributed by atoms with Gasteiger partial charge in [-0.3, -0.25) is 0 Å². The Bertz CT molecular complexity index is 649. The molecule has 0 N–H and O–H groups in total. The van der Waals surface area contributed by atoms with Crippen molar-refractivity contribution in [2.24, 2.45) is 0 Å². The molecule has 0 saturated heterocycles. The Labute approximate surface area is 95.6 Å². The molecule has 0 bridgehead atoms. The van der Waals surface area contributed by atoms with Crippen molar-refractivity contribution in [3.05, 3.63) is 53.1 Å². The number of hydrogen-bond acceptors (Lipinski definition) is 0. The second-order valence-electron chi connectivity index (χ2n) is 4.14. The molecule has 2 aromatic rings. The molecule has 0 heteroatoms. The first-order valence-corrected chi connectivity index (χ1v) is 5.52. The van der Waals surface area contributed by atoms with E-state index in [1.165, 1.54) is 27.5 Å². The Morgan fingerprint density at radius 2 is 1.94 bits per heavy atom. The summed E-state index contributed by atoms with van der Waals surface area (Å²) in [6.07, 6.45) is 4.91. The zero-order valence-electron chi connectivity index (χ0n) is 9.25. The highest BCUT2D eigenvalue weighted by Gasteiger charge is 2.08. The van der Waals surface area contributed by atoms with Crippen LogP contribution in [0, 0.1) is 18.8 Å². The molecule has 2 aromatic carbocycles. The van der Waals surface area contributed by atoms with Crippen LogP contribution in [-0.2, 0) is 6.42 Å². The van der Waals surface area contributed by atoms with Gasteiger partial charge in [-0.25, -0.2) is 0 Å². The van der Waals surface area contributed by atoms with Gasteiger partial charge in [0.1, 0.15) is 0 Å². The first kappa shape index (κ1) is 9.24. The molecule has 1 aliphatic carbocycles. The van der Waals surface area contributed by atoms with E-state index in [0.29, 0.717) is 0 Å². The van der Waals surface area contributed by atoms with Crippen molar-refractivity contribution in [1.29, 1.82) is 0 Å². The first-order chi connectivity index (χ1) is 7.86. The van der Waals surface area contributed by atoms with Gasteiger partial charge in [0.15, 0.2) is 0 Å². The summed E-state index contributed by atoms with van der Waals surface area (Å²) in [5.41, 5.74) is 4.00. The Morgan fingerprint density at radius 3 is 2.81 bits per heavy atom. The van der Waals surface area contributed by atoms with E-state index in [9.17, 15) is 0 Å². The lowest BCUT2D eigenvalue weighted by Gasteiger charge is -2.10. The van der Waals surface area contributed by atoms with Crippen LogP contribution in [0.2, 0.25) is 0 Å². The van der Waals surface area contributed by atoms with Crippen LogP contribution in [0.25, 0.3) is 16.8 Å². The fraction of sp³-hybridized carbons (Fsp3) is 0.125. The minimum atomic E-state index is 0.850. The Morgan fingerprint density at radius 1 is 1.12 bits per heavy atom. The molecule has 0 saturated carbocycles. The topological polar surface area (TPSA) is 0 Å². The zero-order valence-corrected chi connectivity index (χ0v) is 9.25. The van der Waals surface area contributed by atoms with E-state index in [1.54, 1.807) is 0 Å². The number of rotatable bonds is 0. The highest BCUT2D eigenvalue weighted by molar-refractivity contribution is 5.92. The predicted molar refractivity (Wildman–Crippen MR) is 69.2 cm³/mol. The van der Waals surface area contributed by atoms with Crippen molar-refractivity contribution in [2.45, 2.75) is 13.3 Å². The third kappa shape index (κ3) is 1.33. The summed E-state index contributed by atoms with van der Waals surface area (Å²) in [6, 6.07) is 10.8. The second kappa shape index (κ2) is 3.54. The van der Waals surface area contributed by atoms with Gasteiger partial charge in [0.25, 0.3) is 0 Å². The lowest BCUT2D eigenvalue weighted by Crippen LogP contribution is -1.91. The molecular formula is C16H12. The van der Waals surface area contributed by atoms with Gasteiger partial charge in [0, 0.05) is 6.42 Å². The fourth-order valence-corrected chi connectivity index (χ4v) is 2.32. The SMILES string of the molecule is Cc1cc2c(c3ccccc13)CC#CC=C2. The molecule has 1 aliphatic rings. The second-order valence-corrected chi connectivity index (χ2v) is 4.14. The molecule has 76 valence electrons. The summed E-state index contributed by atoms with van der Waals surface area (Å²) in [7, 11) is 0. The Balaban J connectivity index is 2.44. The number of benzene rings is 2. The molecule has 0 radical (unpaired) electrons. The van der Waals surface area contributed by atoms with Crippen LogP contribution in [0.3, 0.4) is 0 Å². The van der Waals surface area contributed by atoms with Gasteiger partial charge < -0.3 is 0 Å². The molecule has 16 heavy (non-hydrogen) atoms. The summed E-state index contributed by atoms with van der Waals surface area (Å²) < 4.78 is 0. The molecule has 0 unspecified atom stereocenters. The number of hydrogen-bond donors (Lipinski definition) is 0. The average molecular weight is 204 g/mol. The lowest BCUT2D eigenvalue weighted by molar-refractivity contribution is 1.33. The van der Waals surface area contributed by atoms with Gasteiger partial charge in [-0.05, 0) is 46.5 Å². The van der Waals surface area contributed by atoms with Gasteiger partial charge in [0.2, 0.25) is 0 Å².